The number of carbonyl (C=O) groups is 1. The zero-order chi connectivity index (χ0) is 17.3. The highest BCUT2D eigenvalue weighted by Crippen LogP contribution is 2.62. The second-order valence-corrected chi connectivity index (χ2v) is 8.34. The minimum absolute atomic E-state index is 0.0803. The molecular weight excluding hydrogens is 306 g/mol. The zero-order valence-electron chi connectivity index (χ0n) is 15.0. The molecule has 1 aromatic heterocycles. The van der Waals surface area contributed by atoms with E-state index in [4.69, 9.17) is 20.3 Å². The fourth-order valence-electron chi connectivity index (χ4n) is 5.78. The van der Waals surface area contributed by atoms with Crippen molar-refractivity contribution in [1.29, 1.82) is 0 Å². The van der Waals surface area contributed by atoms with Crippen LogP contribution in [0, 0.1) is 11.3 Å². The summed E-state index contributed by atoms with van der Waals surface area (Å²) in [7, 11) is 1.81. The van der Waals surface area contributed by atoms with Crippen LogP contribution >= 0.6 is 0 Å². The number of rotatable bonds is 1. The number of aryl methyl sites for hydroxylation is 1. The molecule has 132 valence electrons. The first-order valence-electron chi connectivity index (χ1n) is 8.87. The molecule has 1 aromatic rings. The van der Waals surface area contributed by atoms with Crippen LogP contribution in [-0.4, -0.2) is 34.7 Å². The Labute approximate surface area is 142 Å². The van der Waals surface area contributed by atoms with Crippen molar-refractivity contribution >= 4 is 5.91 Å². The van der Waals surface area contributed by atoms with Gasteiger partial charge < -0.3 is 15.2 Å². The zero-order valence-corrected chi connectivity index (χ0v) is 15.0. The predicted molar refractivity (Wildman–Crippen MR) is 88.5 cm³/mol. The van der Waals surface area contributed by atoms with Gasteiger partial charge in [-0.05, 0) is 25.2 Å². The van der Waals surface area contributed by atoms with E-state index in [-0.39, 0.29) is 16.7 Å². The van der Waals surface area contributed by atoms with E-state index < -0.39 is 5.79 Å². The molecule has 0 radical (unpaired) electrons. The summed E-state index contributed by atoms with van der Waals surface area (Å²) in [4.78, 5) is 11.9. The van der Waals surface area contributed by atoms with Crippen molar-refractivity contribution in [3.63, 3.8) is 0 Å². The molecule has 2 N–H and O–H groups in total. The Kier molecular flexibility index (Phi) is 3.23. The van der Waals surface area contributed by atoms with Gasteiger partial charge in [0.05, 0.1) is 18.9 Å². The van der Waals surface area contributed by atoms with E-state index in [1.807, 2.05) is 7.05 Å². The summed E-state index contributed by atoms with van der Waals surface area (Å²) in [5.41, 5.74) is 8.07. The lowest BCUT2D eigenvalue weighted by molar-refractivity contribution is -0.276. The standard InChI is InChI=1S/C18H27N3O3/c1-16(2)12-6-5-11-13(15(19)22)21(4)20-14(11)17(12,3)7-8-18(16)23-9-10-24-18/h12H,5-10H2,1-4H3,(H2,19,22)/t12-,17-/m0/s1. The predicted octanol–water partition coefficient (Wildman–Crippen LogP) is 1.90. The Balaban J connectivity index is 1.82. The Morgan fingerprint density at radius 1 is 1.25 bits per heavy atom. The molecule has 1 spiro atoms. The van der Waals surface area contributed by atoms with E-state index in [1.165, 1.54) is 0 Å². The van der Waals surface area contributed by atoms with Crippen molar-refractivity contribution in [3.8, 4) is 0 Å². The molecule has 1 aliphatic heterocycles. The van der Waals surface area contributed by atoms with Gasteiger partial charge in [-0.3, -0.25) is 9.48 Å². The first-order chi connectivity index (χ1) is 11.2. The maximum Gasteiger partial charge on any atom is 0.267 e. The molecule has 2 atom stereocenters. The topological polar surface area (TPSA) is 79.4 Å². The van der Waals surface area contributed by atoms with Gasteiger partial charge in [-0.1, -0.05) is 20.8 Å². The van der Waals surface area contributed by atoms with E-state index in [0.29, 0.717) is 24.8 Å². The number of primary amides is 1. The van der Waals surface area contributed by atoms with Crippen molar-refractivity contribution < 1.29 is 14.3 Å². The van der Waals surface area contributed by atoms with Gasteiger partial charge in [-0.25, -0.2) is 0 Å². The molecule has 24 heavy (non-hydrogen) atoms. The van der Waals surface area contributed by atoms with Gasteiger partial charge in [-0.15, -0.1) is 0 Å². The summed E-state index contributed by atoms with van der Waals surface area (Å²) in [6.07, 6.45) is 3.64. The number of hydrogen-bond acceptors (Lipinski definition) is 4. The average Bonchev–Trinajstić information content (AvgIpc) is 3.09. The number of nitrogens with two attached hydrogens (primary N) is 1. The molecule has 6 heteroatoms. The molecule has 0 aromatic carbocycles. The quantitative estimate of drug-likeness (QED) is 0.851. The largest absolute Gasteiger partial charge is 0.364 e. The normalized spacial score (nSPS) is 33.2. The van der Waals surface area contributed by atoms with Crippen LogP contribution < -0.4 is 5.73 Å². The van der Waals surface area contributed by atoms with Gasteiger partial charge in [-0.2, -0.15) is 5.10 Å². The smallest absolute Gasteiger partial charge is 0.267 e. The number of fused-ring (bicyclic) bond motifs is 3. The van der Waals surface area contributed by atoms with Crippen molar-refractivity contribution in [2.75, 3.05) is 13.2 Å². The number of carbonyl (C=O) groups excluding carboxylic acids is 1. The van der Waals surface area contributed by atoms with Gasteiger partial charge in [0.15, 0.2) is 5.79 Å². The van der Waals surface area contributed by atoms with Crippen molar-refractivity contribution in [2.24, 2.45) is 24.1 Å². The third-order valence-corrected chi connectivity index (χ3v) is 6.95. The number of amides is 1. The number of nitrogens with zero attached hydrogens (tertiary/aromatic N) is 2. The molecule has 2 heterocycles. The number of hydrogen-bond donors (Lipinski definition) is 1. The first kappa shape index (κ1) is 16.1. The van der Waals surface area contributed by atoms with Crippen molar-refractivity contribution in [3.05, 3.63) is 17.0 Å². The Morgan fingerprint density at radius 2 is 1.92 bits per heavy atom. The Hall–Kier alpha value is -1.40. The SMILES string of the molecule is Cn1nc2c(c1C(N)=O)CC[C@H]1C(C)(C)C3(CC[C@]21C)OCCO3. The maximum absolute atomic E-state index is 11.9. The molecule has 2 aliphatic carbocycles. The first-order valence-corrected chi connectivity index (χ1v) is 8.87. The third kappa shape index (κ3) is 1.78. The fourth-order valence-corrected chi connectivity index (χ4v) is 5.78. The van der Waals surface area contributed by atoms with Gasteiger partial charge in [0.2, 0.25) is 0 Å². The van der Waals surface area contributed by atoms with Crippen LogP contribution in [0.5, 0.6) is 0 Å². The van der Waals surface area contributed by atoms with E-state index >= 15 is 0 Å². The molecule has 0 unspecified atom stereocenters. The lowest BCUT2D eigenvalue weighted by Gasteiger charge is -2.59. The summed E-state index contributed by atoms with van der Waals surface area (Å²) in [5, 5.41) is 4.74. The Morgan fingerprint density at radius 3 is 2.54 bits per heavy atom. The lowest BCUT2D eigenvalue weighted by Crippen LogP contribution is -2.61. The maximum atomic E-state index is 11.9. The summed E-state index contributed by atoms with van der Waals surface area (Å²) in [5.74, 6) is -0.474. The highest BCUT2D eigenvalue weighted by atomic mass is 16.7. The van der Waals surface area contributed by atoms with Crippen molar-refractivity contribution in [2.45, 2.75) is 57.7 Å². The van der Waals surface area contributed by atoms with Crippen LogP contribution in [0.4, 0.5) is 0 Å². The molecule has 3 aliphatic rings. The van der Waals surface area contributed by atoms with Crippen LogP contribution in [0.1, 0.15) is 61.8 Å². The molecule has 0 bridgehead atoms. The second kappa shape index (κ2) is 4.82. The summed E-state index contributed by atoms with van der Waals surface area (Å²) >= 11 is 0. The van der Waals surface area contributed by atoms with Gasteiger partial charge in [0.25, 0.3) is 5.91 Å². The van der Waals surface area contributed by atoms with Gasteiger partial charge in [0.1, 0.15) is 5.69 Å². The number of ether oxygens (including phenoxy) is 2. The van der Waals surface area contributed by atoms with Gasteiger partial charge >= 0.3 is 0 Å². The Bertz CT molecular complexity index is 703. The van der Waals surface area contributed by atoms with E-state index in [1.54, 1.807) is 4.68 Å². The number of aromatic nitrogens is 2. The van der Waals surface area contributed by atoms with Gasteiger partial charge in [0, 0.05) is 29.9 Å². The van der Waals surface area contributed by atoms with Crippen LogP contribution in [-0.2, 0) is 28.4 Å². The summed E-state index contributed by atoms with van der Waals surface area (Å²) in [6.45, 7) is 8.17. The second-order valence-electron chi connectivity index (χ2n) is 8.34. The average molecular weight is 333 g/mol. The highest BCUT2D eigenvalue weighted by Gasteiger charge is 2.64. The fraction of sp³-hybridized carbons (Fsp3) is 0.778. The molecular formula is C18H27N3O3. The van der Waals surface area contributed by atoms with Crippen LogP contribution in [0.25, 0.3) is 0 Å². The monoisotopic (exact) mass is 333 g/mol. The molecule has 4 rings (SSSR count). The third-order valence-electron chi connectivity index (χ3n) is 6.95. The summed E-state index contributed by atoms with van der Waals surface area (Å²) < 4.78 is 13.9. The molecule has 1 saturated carbocycles. The van der Waals surface area contributed by atoms with E-state index in [2.05, 4.69) is 20.8 Å². The molecule has 1 saturated heterocycles. The van der Waals surface area contributed by atoms with E-state index in [0.717, 1.165) is 36.9 Å². The summed E-state index contributed by atoms with van der Waals surface area (Å²) in [6, 6.07) is 0. The minimum atomic E-state index is -0.476. The van der Waals surface area contributed by atoms with E-state index in [9.17, 15) is 4.79 Å². The minimum Gasteiger partial charge on any atom is -0.364 e. The van der Waals surface area contributed by atoms with Crippen molar-refractivity contribution in [1.82, 2.24) is 9.78 Å². The lowest BCUT2D eigenvalue weighted by atomic mass is 9.49. The highest BCUT2D eigenvalue weighted by molar-refractivity contribution is 5.93. The van der Waals surface area contributed by atoms with Crippen LogP contribution in [0.2, 0.25) is 0 Å². The molecule has 6 nitrogen and oxygen atoms in total. The van der Waals surface area contributed by atoms with Crippen LogP contribution in [0.15, 0.2) is 0 Å². The molecule has 1 amide bonds. The van der Waals surface area contributed by atoms with Crippen LogP contribution in [0.3, 0.4) is 0 Å². The molecule has 2 fully saturated rings.